The van der Waals surface area contributed by atoms with E-state index in [9.17, 15) is 19.8 Å². The van der Waals surface area contributed by atoms with Gasteiger partial charge in [-0.05, 0) is 70.2 Å². The number of aliphatic hydroxyl groups excluding tert-OH is 2. The van der Waals surface area contributed by atoms with Crippen LogP contribution < -0.4 is 20.9 Å². The number of primary amides is 2. The van der Waals surface area contributed by atoms with Crippen LogP contribution in [0.5, 0.6) is 11.5 Å². The highest BCUT2D eigenvalue weighted by atomic mass is 16.5. The van der Waals surface area contributed by atoms with E-state index in [-0.39, 0.29) is 32.0 Å². The fourth-order valence-corrected chi connectivity index (χ4v) is 8.15. The number of aromatic nitrogens is 8. The van der Waals surface area contributed by atoms with Gasteiger partial charge >= 0.3 is 0 Å². The second kappa shape index (κ2) is 17.5. The lowest BCUT2D eigenvalue weighted by Gasteiger charge is -2.13. The van der Waals surface area contributed by atoms with Crippen LogP contribution in [0.25, 0.3) is 66.5 Å². The molecule has 62 heavy (non-hydrogen) atoms. The van der Waals surface area contributed by atoms with Crippen molar-refractivity contribution in [2.75, 3.05) is 26.4 Å². The van der Waals surface area contributed by atoms with Gasteiger partial charge in [0.05, 0.1) is 46.8 Å². The van der Waals surface area contributed by atoms with E-state index in [1.54, 1.807) is 30.5 Å². The molecule has 0 bridgehead atoms. The summed E-state index contributed by atoms with van der Waals surface area (Å²) in [6, 6.07) is 17.1. The van der Waals surface area contributed by atoms with Crippen molar-refractivity contribution >= 4 is 55.6 Å². The Labute approximate surface area is 357 Å². The molecule has 320 valence electrons. The summed E-state index contributed by atoms with van der Waals surface area (Å²) in [4.78, 5) is 35.1. The number of aryl methyl sites for hydroxylation is 4. The lowest BCUT2D eigenvalue weighted by atomic mass is 10.1. The van der Waals surface area contributed by atoms with Crippen LogP contribution in [0.15, 0.2) is 72.9 Å². The number of nitrogens with two attached hydrogens (primary N) is 2. The first kappa shape index (κ1) is 41.7. The first-order valence-corrected chi connectivity index (χ1v) is 20.8. The minimum atomic E-state index is -0.606. The molecule has 0 radical (unpaired) electrons. The maximum atomic E-state index is 12.6. The van der Waals surface area contributed by atoms with Gasteiger partial charge in [-0.15, -0.1) is 0 Å². The third kappa shape index (κ3) is 7.74. The smallest absolute Gasteiger partial charge is 0.248 e. The van der Waals surface area contributed by atoms with Gasteiger partial charge in [-0.3, -0.25) is 19.0 Å². The van der Waals surface area contributed by atoms with Gasteiger partial charge < -0.3 is 40.3 Å². The first-order valence-electron chi connectivity index (χ1n) is 20.8. The van der Waals surface area contributed by atoms with Crippen molar-refractivity contribution in [1.82, 2.24) is 38.7 Å². The van der Waals surface area contributed by atoms with Crippen molar-refractivity contribution in [2.24, 2.45) is 11.5 Å². The molecule has 0 fully saturated rings. The predicted molar refractivity (Wildman–Crippen MR) is 238 cm³/mol. The number of fused-ring (bicyclic) bond motifs is 6. The maximum Gasteiger partial charge on any atom is 0.248 e. The summed E-state index contributed by atoms with van der Waals surface area (Å²) in [6.07, 6.45) is 6.65. The second-order valence-corrected chi connectivity index (χ2v) is 15.1. The zero-order chi connectivity index (χ0) is 43.7. The number of benzene rings is 3. The van der Waals surface area contributed by atoms with Gasteiger partial charge in [-0.2, -0.15) is 10.2 Å². The SMILES string of the molecule is CCn1nc(C)cc1-c1ccc2c3cc(C(N)=O)cc(OCCCO)c3n(C/C=C/Cn3c4nc(-c5cc(C)nn5CC)ncc4c4cc(C(N)=O)cc(OCCCO)c43)c2c1. The number of carbonyl (C=O) groups excluding carboxylic acids is 2. The van der Waals surface area contributed by atoms with Crippen molar-refractivity contribution in [3.8, 4) is 34.3 Å². The molecule has 16 heteroatoms. The third-order valence-electron chi connectivity index (χ3n) is 10.9. The summed E-state index contributed by atoms with van der Waals surface area (Å²) in [7, 11) is 0. The molecule has 3 aromatic carbocycles. The average Bonchev–Trinajstić information content (AvgIpc) is 4.02. The van der Waals surface area contributed by atoms with Crippen molar-refractivity contribution in [1.29, 1.82) is 0 Å². The standard InChI is InChI=1S/C46H50N10O6/c1-5-55-36(19-27(3)51-55)29-11-12-32-33-21-30(43(47)59)24-39(61-17-9-15-57)41(33)53(37(32)23-29)13-7-8-14-54-42-34(22-31(44(48)60)25-40(42)62-18-10-16-58)35-26-49-45(50-46(35)54)38-20-28(4)52-56(38)6-2/h7-8,11-12,19-26,57-58H,5-6,9-10,13-18H2,1-4H3,(H2,47,59)(H2,48,60)/b8-7+. The first-order chi connectivity index (χ1) is 30.0. The number of ether oxygens (including phenoxy) is 2. The van der Waals surface area contributed by atoms with Crippen LogP contribution >= 0.6 is 0 Å². The quantitative estimate of drug-likeness (QED) is 0.0579. The Bertz CT molecular complexity index is 2820. The molecule has 0 aliphatic rings. The molecule has 0 aliphatic carbocycles. The van der Waals surface area contributed by atoms with Crippen LogP contribution in [-0.2, 0) is 26.2 Å². The number of allylic oxidation sites excluding steroid dienone is 2. The van der Waals surface area contributed by atoms with Crippen molar-refractivity contribution in [2.45, 2.75) is 66.7 Å². The number of aliphatic hydroxyl groups is 2. The topological polar surface area (TPSA) is 216 Å². The fourth-order valence-electron chi connectivity index (χ4n) is 8.15. The Kier molecular flexibility index (Phi) is 11.8. The normalized spacial score (nSPS) is 11.9. The number of rotatable bonds is 18. The van der Waals surface area contributed by atoms with Crippen molar-refractivity contribution in [3.05, 3.63) is 95.5 Å². The summed E-state index contributed by atoms with van der Waals surface area (Å²) in [6.45, 7) is 10.4. The Morgan fingerprint density at radius 3 is 1.82 bits per heavy atom. The van der Waals surface area contributed by atoms with Gasteiger partial charge in [0.2, 0.25) is 11.8 Å². The summed E-state index contributed by atoms with van der Waals surface area (Å²) >= 11 is 0. The highest BCUT2D eigenvalue weighted by Gasteiger charge is 2.23. The average molecular weight is 839 g/mol. The van der Waals surface area contributed by atoms with Gasteiger partial charge in [-0.25, -0.2) is 9.97 Å². The van der Waals surface area contributed by atoms with Crippen LogP contribution in [0, 0.1) is 13.8 Å². The van der Waals surface area contributed by atoms with Gasteiger partial charge in [0.1, 0.15) is 22.8 Å². The summed E-state index contributed by atoms with van der Waals surface area (Å²) in [5.74, 6) is 0.224. The molecule has 0 spiro atoms. The van der Waals surface area contributed by atoms with E-state index in [1.807, 2.05) is 46.8 Å². The third-order valence-corrected chi connectivity index (χ3v) is 10.9. The molecule has 2 amide bonds. The van der Waals surface area contributed by atoms with E-state index >= 15 is 0 Å². The predicted octanol–water partition coefficient (Wildman–Crippen LogP) is 6.05. The van der Waals surface area contributed by atoms with Crippen LogP contribution in [0.3, 0.4) is 0 Å². The van der Waals surface area contributed by atoms with E-state index in [0.29, 0.717) is 83.8 Å². The molecular weight excluding hydrogens is 789 g/mol. The largest absolute Gasteiger partial charge is 0.491 e. The summed E-state index contributed by atoms with van der Waals surface area (Å²) < 4.78 is 20.5. The molecular formula is C46H50N10O6. The van der Waals surface area contributed by atoms with E-state index in [4.69, 9.17) is 30.9 Å². The Balaban J connectivity index is 1.29. The number of nitrogens with zero attached hydrogens (tertiary/aromatic N) is 8. The molecule has 8 rings (SSSR count). The van der Waals surface area contributed by atoms with Crippen LogP contribution in [0.1, 0.15) is 58.8 Å². The van der Waals surface area contributed by atoms with Gasteiger partial charge in [-0.1, -0.05) is 24.3 Å². The molecule has 6 N–H and O–H groups in total. The van der Waals surface area contributed by atoms with E-state index in [1.165, 1.54) is 0 Å². The molecule has 5 aromatic heterocycles. The Hall–Kier alpha value is -7.04. The molecule has 0 saturated carbocycles. The monoisotopic (exact) mass is 838 g/mol. The lowest BCUT2D eigenvalue weighted by molar-refractivity contribution is 0.0991. The summed E-state index contributed by atoms with van der Waals surface area (Å²) in [5.41, 5.74) is 19.8. The molecule has 16 nitrogen and oxygen atoms in total. The highest BCUT2D eigenvalue weighted by Crippen LogP contribution is 2.39. The van der Waals surface area contributed by atoms with E-state index < -0.39 is 11.8 Å². The minimum absolute atomic E-state index is 0.0483. The number of carbonyl (C=O) groups is 2. The minimum Gasteiger partial charge on any atom is -0.491 e. The zero-order valence-electron chi connectivity index (χ0n) is 35.3. The molecule has 5 heterocycles. The molecule has 8 aromatic rings. The highest BCUT2D eigenvalue weighted by molar-refractivity contribution is 6.14. The van der Waals surface area contributed by atoms with Crippen molar-refractivity contribution < 1.29 is 29.3 Å². The van der Waals surface area contributed by atoms with Gasteiger partial charge in [0.25, 0.3) is 0 Å². The van der Waals surface area contributed by atoms with E-state index in [0.717, 1.165) is 50.1 Å². The van der Waals surface area contributed by atoms with Gasteiger partial charge in [0.15, 0.2) is 5.82 Å². The van der Waals surface area contributed by atoms with Gasteiger partial charge in [0, 0.05) is 96.7 Å². The zero-order valence-corrected chi connectivity index (χ0v) is 35.3. The van der Waals surface area contributed by atoms with Crippen LogP contribution in [0.4, 0.5) is 0 Å². The van der Waals surface area contributed by atoms with Crippen molar-refractivity contribution in [3.63, 3.8) is 0 Å². The molecule has 0 aliphatic heterocycles. The fraction of sp³-hybridized carbons (Fsp3) is 0.304. The lowest BCUT2D eigenvalue weighted by Crippen LogP contribution is -2.12. The summed E-state index contributed by atoms with van der Waals surface area (Å²) in [5, 5.41) is 31.6. The molecule has 0 unspecified atom stereocenters. The second-order valence-electron chi connectivity index (χ2n) is 15.1. The van der Waals surface area contributed by atoms with Crippen LogP contribution in [-0.4, -0.2) is 87.1 Å². The number of hydrogen-bond acceptors (Lipinski definition) is 10. The Morgan fingerprint density at radius 1 is 0.694 bits per heavy atom. The number of amides is 2. The Morgan fingerprint density at radius 2 is 1.24 bits per heavy atom. The molecule has 0 atom stereocenters. The van der Waals surface area contributed by atoms with Crippen LogP contribution in [0.2, 0.25) is 0 Å². The number of hydrogen-bond donors (Lipinski definition) is 4. The van der Waals surface area contributed by atoms with E-state index in [2.05, 4.69) is 52.0 Å². The maximum absolute atomic E-state index is 12.6. The molecule has 0 saturated heterocycles.